The van der Waals surface area contributed by atoms with Crippen LogP contribution in [0.15, 0.2) is 48.5 Å². The van der Waals surface area contributed by atoms with Crippen LogP contribution in [0.5, 0.6) is 5.75 Å². The molecule has 4 rings (SSSR count). The summed E-state index contributed by atoms with van der Waals surface area (Å²) in [7, 11) is 1.64. The van der Waals surface area contributed by atoms with Crippen molar-refractivity contribution in [2.24, 2.45) is 0 Å². The normalized spacial score (nSPS) is 14.7. The molecular weight excluding hydrogens is 314 g/mol. The Kier molecular flexibility index (Phi) is 3.73. The van der Waals surface area contributed by atoms with Crippen LogP contribution in [0.1, 0.15) is 33.6 Å². The Bertz CT molecular complexity index is 1000. The minimum Gasteiger partial charge on any atom is -0.497 e. The van der Waals surface area contributed by atoms with E-state index in [0.717, 1.165) is 40.1 Å². The van der Waals surface area contributed by atoms with Crippen LogP contribution in [0.3, 0.4) is 0 Å². The van der Waals surface area contributed by atoms with E-state index >= 15 is 0 Å². The topological polar surface area (TPSA) is 59.4 Å². The lowest BCUT2D eigenvalue weighted by Gasteiger charge is -2.09. The summed E-state index contributed by atoms with van der Waals surface area (Å²) in [6.07, 6.45) is 3.58. The molecule has 0 bridgehead atoms. The molecule has 0 fully saturated rings. The Hall–Kier alpha value is -3.14. The number of hydrogen-bond donors (Lipinski definition) is 1. The SMILES string of the molecule is COc1ccc(/C=C2\CCc3c2nc2ccccc2c3C(=O)O)cc1. The van der Waals surface area contributed by atoms with Gasteiger partial charge in [-0.25, -0.2) is 9.78 Å². The molecular formula is C21H17NO3. The predicted octanol–water partition coefficient (Wildman–Crippen LogP) is 4.43. The Labute approximate surface area is 145 Å². The summed E-state index contributed by atoms with van der Waals surface area (Å²) in [4.78, 5) is 16.6. The first kappa shape index (κ1) is 15.4. The molecule has 1 aliphatic carbocycles. The molecule has 0 atom stereocenters. The molecule has 0 amide bonds. The Balaban J connectivity index is 1.87. The number of carboxylic acid groups (broad SMARTS) is 1. The Morgan fingerprint density at radius 1 is 1.12 bits per heavy atom. The first-order valence-corrected chi connectivity index (χ1v) is 8.17. The van der Waals surface area contributed by atoms with Crippen LogP contribution in [0.2, 0.25) is 0 Å². The average Bonchev–Trinajstić information content (AvgIpc) is 3.02. The van der Waals surface area contributed by atoms with Gasteiger partial charge in [0.2, 0.25) is 0 Å². The number of benzene rings is 2. The van der Waals surface area contributed by atoms with Crippen LogP contribution in [0, 0.1) is 0 Å². The van der Waals surface area contributed by atoms with E-state index in [9.17, 15) is 9.90 Å². The van der Waals surface area contributed by atoms with Crippen molar-refractivity contribution in [1.29, 1.82) is 0 Å². The largest absolute Gasteiger partial charge is 0.497 e. The number of para-hydroxylation sites is 1. The summed E-state index contributed by atoms with van der Waals surface area (Å²) in [6, 6.07) is 15.2. The third kappa shape index (κ3) is 2.66. The lowest BCUT2D eigenvalue weighted by Crippen LogP contribution is -2.05. The minimum absolute atomic E-state index is 0.388. The van der Waals surface area contributed by atoms with Crippen molar-refractivity contribution in [2.45, 2.75) is 12.8 Å². The summed E-state index contributed by atoms with van der Waals surface area (Å²) in [5.41, 5.74) is 4.89. The van der Waals surface area contributed by atoms with E-state index in [2.05, 4.69) is 6.08 Å². The maximum Gasteiger partial charge on any atom is 0.336 e. The van der Waals surface area contributed by atoms with Crippen molar-refractivity contribution in [1.82, 2.24) is 4.98 Å². The van der Waals surface area contributed by atoms with Gasteiger partial charge in [-0.1, -0.05) is 30.3 Å². The van der Waals surface area contributed by atoms with Crippen LogP contribution < -0.4 is 4.74 Å². The van der Waals surface area contributed by atoms with E-state index in [4.69, 9.17) is 9.72 Å². The Morgan fingerprint density at radius 2 is 1.88 bits per heavy atom. The number of allylic oxidation sites excluding steroid dienone is 1. The van der Waals surface area contributed by atoms with Crippen molar-refractivity contribution >= 4 is 28.5 Å². The summed E-state index contributed by atoms with van der Waals surface area (Å²) in [6.45, 7) is 0. The molecule has 4 nitrogen and oxygen atoms in total. The molecule has 1 N–H and O–H groups in total. The van der Waals surface area contributed by atoms with Gasteiger partial charge in [0.15, 0.2) is 0 Å². The number of hydrogen-bond acceptors (Lipinski definition) is 3. The molecule has 0 spiro atoms. The number of aromatic carboxylic acids is 1. The molecule has 0 unspecified atom stereocenters. The molecule has 25 heavy (non-hydrogen) atoms. The van der Waals surface area contributed by atoms with Gasteiger partial charge >= 0.3 is 5.97 Å². The standard InChI is InChI=1S/C21H17NO3/c1-25-15-9-6-13(7-10-15)12-14-8-11-17-19(21(23)24)16-4-2-3-5-18(16)22-20(14)17/h2-7,9-10,12H,8,11H2,1H3,(H,23,24)/b14-12+. The van der Waals surface area contributed by atoms with E-state index in [0.29, 0.717) is 17.4 Å². The molecule has 1 heterocycles. The van der Waals surface area contributed by atoms with Gasteiger partial charge in [0.25, 0.3) is 0 Å². The summed E-state index contributed by atoms with van der Waals surface area (Å²) in [5, 5.41) is 10.4. The molecule has 4 heteroatoms. The second-order valence-corrected chi connectivity index (χ2v) is 6.08. The van der Waals surface area contributed by atoms with Gasteiger partial charge < -0.3 is 9.84 Å². The zero-order chi connectivity index (χ0) is 17.4. The van der Waals surface area contributed by atoms with Crippen molar-refractivity contribution in [2.75, 3.05) is 7.11 Å². The molecule has 0 saturated carbocycles. The van der Waals surface area contributed by atoms with Gasteiger partial charge in [-0.05, 0) is 53.8 Å². The molecule has 0 saturated heterocycles. The van der Waals surface area contributed by atoms with E-state index < -0.39 is 5.97 Å². The van der Waals surface area contributed by atoms with E-state index in [1.165, 1.54) is 0 Å². The van der Waals surface area contributed by atoms with E-state index in [1.54, 1.807) is 7.11 Å². The number of ether oxygens (including phenoxy) is 1. The molecule has 3 aromatic rings. The lowest BCUT2D eigenvalue weighted by molar-refractivity contribution is 0.0698. The fourth-order valence-corrected chi connectivity index (χ4v) is 3.42. The lowest BCUT2D eigenvalue weighted by atomic mass is 10.0. The minimum atomic E-state index is -0.888. The summed E-state index contributed by atoms with van der Waals surface area (Å²) in [5.74, 6) is -0.0770. The second kappa shape index (κ2) is 6.06. The number of pyridine rings is 1. The molecule has 1 aromatic heterocycles. The van der Waals surface area contributed by atoms with Crippen molar-refractivity contribution in [3.8, 4) is 5.75 Å². The first-order chi connectivity index (χ1) is 12.2. The highest BCUT2D eigenvalue weighted by Crippen LogP contribution is 2.37. The molecule has 2 aromatic carbocycles. The number of methoxy groups -OCH3 is 1. The van der Waals surface area contributed by atoms with Crippen LogP contribution in [0.4, 0.5) is 0 Å². The number of nitrogens with zero attached hydrogens (tertiary/aromatic N) is 1. The predicted molar refractivity (Wildman–Crippen MR) is 97.9 cm³/mol. The van der Waals surface area contributed by atoms with Crippen LogP contribution >= 0.6 is 0 Å². The molecule has 1 aliphatic rings. The van der Waals surface area contributed by atoms with Crippen LogP contribution in [-0.2, 0) is 6.42 Å². The van der Waals surface area contributed by atoms with Gasteiger partial charge in [0, 0.05) is 5.39 Å². The molecule has 0 radical (unpaired) electrons. The first-order valence-electron chi connectivity index (χ1n) is 8.17. The quantitative estimate of drug-likeness (QED) is 0.771. The highest BCUT2D eigenvalue weighted by Gasteiger charge is 2.26. The number of aromatic nitrogens is 1. The Morgan fingerprint density at radius 3 is 2.60 bits per heavy atom. The average molecular weight is 331 g/mol. The third-order valence-electron chi connectivity index (χ3n) is 4.61. The van der Waals surface area contributed by atoms with Gasteiger partial charge in [-0.3, -0.25) is 0 Å². The highest BCUT2D eigenvalue weighted by molar-refractivity contribution is 6.06. The van der Waals surface area contributed by atoms with Crippen LogP contribution in [-0.4, -0.2) is 23.2 Å². The summed E-state index contributed by atoms with van der Waals surface area (Å²) >= 11 is 0. The highest BCUT2D eigenvalue weighted by atomic mass is 16.5. The van der Waals surface area contributed by atoms with E-state index in [1.807, 2.05) is 48.5 Å². The zero-order valence-electron chi connectivity index (χ0n) is 13.8. The van der Waals surface area contributed by atoms with Crippen molar-refractivity contribution in [3.63, 3.8) is 0 Å². The molecule has 124 valence electrons. The van der Waals surface area contributed by atoms with Crippen molar-refractivity contribution in [3.05, 3.63) is 70.9 Å². The third-order valence-corrected chi connectivity index (χ3v) is 4.61. The fraction of sp³-hybridized carbons (Fsp3) is 0.143. The van der Waals surface area contributed by atoms with Gasteiger partial charge in [0.1, 0.15) is 5.75 Å². The number of fused-ring (bicyclic) bond motifs is 2. The monoisotopic (exact) mass is 331 g/mol. The number of carboxylic acids is 1. The van der Waals surface area contributed by atoms with Gasteiger partial charge in [-0.15, -0.1) is 0 Å². The maximum absolute atomic E-state index is 11.8. The second-order valence-electron chi connectivity index (χ2n) is 6.08. The van der Waals surface area contributed by atoms with Gasteiger partial charge in [0.05, 0.1) is 23.9 Å². The number of rotatable bonds is 3. The summed E-state index contributed by atoms with van der Waals surface area (Å²) < 4.78 is 5.19. The fourth-order valence-electron chi connectivity index (χ4n) is 3.42. The smallest absolute Gasteiger partial charge is 0.336 e. The maximum atomic E-state index is 11.8. The zero-order valence-corrected chi connectivity index (χ0v) is 13.8. The van der Waals surface area contributed by atoms with E-state index in [-0.39, 0.29) is 0 Å². The van der Waals surface area contributed by atoms with Crippen molar-refractivity contribution < 1.29 is 14.6 Å². The van der Waals surface area contributed by atoms with Gasteiger partial charge in [-0.2, -0.15) is 0 Å². The molecule has 0 aliphatic heterocycles. The van der Waals surface area contributed by atoms with Crippen LogP contribution in [0.25, 0.3) is 22.6 Å². The number of carbonyl (C=O) groups is 1.